The van der Waals surface area contributed by atoms with Gasteiger partial charge in [0.15, 0.2) is 15.0 Å². The van der Waals surface area contributed by atoms with Gasteiger partial charge in [-0.2, -0.15) is 0 Å². The molecule has 2 heterocycles. The Morgan fingerprint density at radius 2 is 1.96 bits per heavy atom. The van der Waals surface area contributed by atoms with Crippen molar-refractivity contribution < 1.29 is 12.8 Å². The first-order chi connectivity index (χ1) is 12.4. The number of sulfone groups is 1. The minimum atomic E-state index is -3.12. The second-order valence-electron chi connectivity index (χ2n) is 6.37. The summed E-state index contributed by atoms with van der Waals surface area (Å²) in [5, 5.41) is 0.764. The molecule has 0 amide bonds. The first-order valence-electron chi connectivity index (χ1n) is 8.12. The van der Waals surface area contributed by atoms with Crippen LogP contribution in [-0.4, -0.2) is 37.2 Å². The molecule has 2 aliphatic heterocycles. The molecule has 1 saturated heterocycles. The fraction of sp³-hybridized carbons (Fsp3) is 0.278. The molecule has 1 fully saturated rings. The molecular formula is C18H16ClFN2O2S2. The number of rotatable bonds is 3. The number of benzene rings is 2. The van der Waals surface area contributed by atoms with Gasteiger partial charge in [-0.3, -0.25) is 4.99 Å². The van der Waals surface area contributed by atoms with Gasteiger partial charge in [0.25, 0.3) is 0 Å². The molecule has 26 heavy (non-hydrogen) atoms. The van der Waals surface area contributed by atoms with Gasteiger partial charge in [0.05, 0.1) is 28.6 Å². The highest BCUT2D eigenvalue weighted by Gasteiger charge is 2.47. The smallest absolute Gasteiger partial charge is 0.164 e. The first kappa shape index (κ1) is 17.8. The summed E-state index contributed by atoms with van der Waals surface area (Å²) in [6.45, 7) is 0. The van der Waals surface area contributed by atoms with Crippen LogP contribution in [0.2, 0.25) is 5.02 Å². The lowest BCUT2D eigenvalue weighted by Crippen LogP contribution is -2.39. The number of halogens is 2. The minimum Gasteiger partial charge on any atom is -0.315 e. The van der Waals surface area contributed by atoms with Crippen LogP contribution >= 0.6 is 23.4 Å². The largest absolute Gasteiger partial charge is 0.315 e. The third-order valence-corrected chi connectivity index (χ3v) is 7.53. The van der Waals surface area contributed by atoms with Gasteiger partial charge in [-0.1, -0.05) is 53.7 Å². The molecule has 0 saturated carbocycles. The predicted octanol–water partition coefficient (Wildman–Crippen LogP) is 3.75. The lowest BCUT2D eigenvalue weighted by molar-refractivity contribution is 0.601. The van der Waals surface area contributed by atoms with Gasteiger partial charge >= 0.3 is 0 Å². The summed E-state index contributed by atoms with van der Waals surface area (Å²) in [5.74, 6) is 0.321. The molecule has 4 rings (SSSR count). The van der Waals surface area contributed by atoms with E-state index in [4.69, 9.17) is 11.6 Å². The molecule has 2 aromatic carbocycles. The Morgan fingerprint density at radius 1 is 1.19 bits per heavy atom. The van der Waals surface area contributed by atoms with Crippen molar-refractivity contribution in [1.29, 1.82) is 0 Å². The molecule has 2 aromatic rings. The Labute approximate surface area is 161 Å². The SMILES string of the molecule is O=S1(=O)C[C@@H]2N=C(SCc3ccccc3)N(c3ccc(F)c(Cl)c3)[C@@H]2C1. The van der Waals surface area contributed by atoms with Crippen molar-refractivity contribution in [2.24, 2.45) is 4.99 Å². The number of amidine groups is 1. The zero-order chi connectivity index (χ0) is 18.3. The van der Waals surface area contributed by atoms with Gasteiger partial charge in [-0.25, -0.2) is 12.8 Å². The maximum absolute atomic E-state index is 13.6. The Morgan fingerprint density at radius 3 is 2.69 bits per heavy atom. The van der Waals surface area contributed by atoms with Crippen LogP contribution in [0.4, 0.5) is 10.1 Å². The fourth-order valence-electron chi connectivity index (χ4n) is 3.29. The molecular weight excluding hydrogens is 395 g/mol. The minimum absolute atomic E-state index is 0.0132. The van der Waals surface area contributed by atoms with E-state index in [2.05, 4.69) is 4.99 Å². The molecule has 2 aliphatic rings. The molecule has 2 atom stereocenters. The van der Waals surface area contributed by atoms with Crippen LogP contribution < -0.4 is 4.90 Å². The number of fused-ring (bicyclic) bond motifs is 1. The van der Waals surface area contributed by atoms with Crippen molar-refractivity contribution in [3.8, 4) is 0 Å². The summed E-state index contributed by atoms with van der Waals surface area (Å²) in [7, 11) is -3.12. The van der Waals surface area contributed by atoms with Crippen molar-refractivity contribution in [1.82, 2.24) is 0 Å². The van der Waals surface area contributed by atoms with Crippen LogP contribution in [0.5, 0.6) is 0 Å². The number of thioether (sulfide) groups is 1. The lowest BCUT2D eigenvalue weighted by atomic mass is 10.1. The summed E-state index contributed by atoms with van der Waals surface area (Å²) < 4.78 is 37.6. The van der Waals surface area contributed by atoms with Crippen LogP contribution in [0.25, 0.3) is 0 Å². The van der Waals surface area contributed by atoms with Gasteiger partial charge in [-0.15, -0.1) is 0 Å². The normalized spacial score (nSPS) is 23.8. The number of anilines is 1. The Balaban J connectivity index is 1.65. The van der Waals surface area contributed by atoms with E-state index in [0.717, 1.165) is 16.5 Å². The van der Waals surface area contributed by atoms with Gasteiger partial charge in [0.1, 0.15) is 5.82 Å². The number of hydrogen-bond donors (Lipinski definition) is 0. The molecule has 0 radical (unpaired) electrons. The monoisotopic (exact) mass is 410 g/mol. The van der Waals surface area contributed by atoms with E-state index in [1.54, 1.807) is 17.8 Å². The topological polar surface area (TPSA) is 49.7 Å². The fourth-order valence-corrected chi connectivity index (χ4v) is 6.39. The van der Waals surface area contributed by atoms with E-state index < -0.39 is 15.7 Å². The third kappa shape index (κ3) is 3.48. The number of aliphatic imine (C=N–C) groups is 1. The Kier molecular flexibility index (Phi) is 4.71. The molecule has 136 valence electrons. The standard InChI is InChI=1S/C18H16ClFN2O2S2/c19-14-8-13(6-7-15(14)20)22-17-11-26(23,24)10-16(17)21-18(22)25-9-12-4-2-1-3-5-12/h1-8,16-17H,9-11H2/t16-,17+/m0/s1. The summed E-state index contributed by atoms with van der Waals surface area (Å²) in [5.41, 5.74) is 1.82. The molecule has 4 nitrogen and oxygen atoms in total. The van der Waals surface area contributed by atoms with Crippen LogP contribution in [0.1, 0.15) is 5.56 Å². The Bertz CT molecular complexity index is 966. The number of nitrogens with zero attached hydrogens (tertiary/aromatic N) is 2. The average Bonchev–Trinajstić information content (AvgIpc) is 3.07. The third-order valence-electron chi connectivity index (χ3n) is 4.50. The van der Waals surface area contributed by atoms with Crippen molar-refractivity contribution in [3.63, 3.8) is 0 Å². The van der Waals surface area contributed by atoms with E-state index in [-0.39, 0.29) is 28.6 Å². The van der Waals surface area contributed by atoms with Gasteiger partial charge in [0.2, 0.25) is 0 Å². The average molecular weight is 411 g/mol. The molecule has 0 aromatic heterocycles. The van der Waals surface area contributed by atoms with Crippen molar-refractivity contribution in [2.45, 2.75) is 17.8 Å². The van der Waals surface area contributed by atoms with Crippen LogP contribution in [0.3, 0.4) is 0 Å². The molecule has 0 bridgehead atoms. The first-order valence-corrected chi connectivity index (χ1v) is 11.3. The second-order valence-corrected chi connectivity index (χ2v) is 9.87. The number of hydrogen-bond acceptors (Lipinski definition) is 5. The summed E-state index contributed by atoms with van der Waals surface area (Å²) in [4.78, 5) is 6.56. The second kappa shape index (κ2) is 6.87. The van der Waals surface area contributed by atoms with Crippen LogP contribution in [0.15, 0.2) is 53.5 Å². The summed E-state index contributed by atoms with van der Waals surface area (Å²) in [6, 6.07) is 13.9. The van der Waals surface area contributed by atoms with Crippen molar-refractivity contribution in [3.05, 3.63) is 64.9 Å². The Hall–Kier alpha value is -1.57. The zero-order valence-electron chi connectivity index (χ0n) is 13.7. The molecule has 8 heteroatoms. The molecule has 0 spiro atoms. The van der Waals surface area contributed by atoms with E-state index in [1.807, 2.05) is 35.2 Å². The highest BCUT2D eigenvalue weighted by molar-refractivity contribution is 8.13. The van der Waals surface area contributed by atoms with E-state index in [9.17, 15) is 12.8 Å². The van der Waals surface area contributed by atoms with E-state index in [1.165, 1.54) is 12.1 Å². The van der Waals surface area contributed by atoms with Gasteiger partial charge in [0, 0.05) is 11.4 Å². The van der Waals surface area contributed by atoms with Crippen molar-refractivity contribution in [2.75, 3.05) is 16.4 Å². The highest BCUT2D eigenvalue weighted by Crippen LogP contribution is 2.37. The van der Waals surface area contributed by atoms with Gasteiger partial charge < -0.3 is 4.90 Å². The maximum atomic E-state index is 13.6. The van der Waals surface area contributed by atoms with E-state index >= 15 is 0 Å². The summed E-state index contributed by atoms with van der Waals surface area (Å²) in [6.07, 6.45) is 0. The summed E-state index contributed by atoms with van der Waals surface area (Å²) >= 11 is 7.50. The lowest BCUT2D eigenvalue weighted by Gasteiger charge is -2.26. The molecule has 0 aliphatic carbocycles. The highest BCUT2D eigenvalue weighted by atomic mass is 35.5. The maximum Gasteiger partial charge on any atom is 0.164 e. The van der Waals surface area contributed by atoms with Gasteiger partial charge in [-0.05, 0) is 23.8 Å². The zero-order valence-corrected chi connectivity index (χ0v) is 16.1. The van der Waals surface area contributed by atoms with Crippen LogP contribution in [-0.2, 0) is 15.6 Å². The molecule has 0 N–H and O–H groups in total. The van der Waals surface area contributed by atoms with E-state index in [0.29, 0.717) is 5.69 Å². The molecule has 0 unspecified atom stereocenters. The van der Waals surface area contributed by atoms with Crippen LogP contribution in [0, 0.1) is 5.82 Å². The quantitative estimate of drug-likeness (QED) is 0.773. The predicted molar refractivity (Wildman–Crippen MR) is 105 cm³/mol. The van der Waals surface area contributed by atoms with Crippen molar-refractivity contribution >= 4 is 44.1 Å².